The van der Waals surface area contributed by atoms with Crippen LogP contribution in [0.5, 0.6) is 0 Å². The second kappa shape index (κ2) is 9.12. The molecule has 7 heteroatoms. The third-order valence-electron chi connectivity index (χ3n) is 5.05. The number of hydrogen-bond donors (Lipinski definition) is 1. The minimum absolute atomic E-state index is 0.0767. The summed E-state index contributed by atoms with van der Waals surface area (Å²) in [5.74, 6) is 1.12. The Kier molecular flexibility index (Phi) is 6.30. The Hall–Kier alpha value is -2.83. The number of hydrogen-bond acceptors (Lipinski definition) is 4. The smallest absolute Gasteiger partial charge is 0.253 e. The zero-order valence-corrected chi connectivity index (χ0v) is 19.3. The van der Waals surface area contributed by atoms with Crippen LogP contribution in [0.1, 0.15) is 35.7 Å². The van der Waals surface area contributed by atoms with Crippen molar-refractivity contribution in [2.45, 2.75) is 27.3 Å². The van der Waals surface area contributed by atoms with E-state index < -0.39 is 0 Å². The molecule has 0 spiro atoms. The number of benzene rings is 1. The molecule has 0 atom stereocenters. The van der Waals surface area contributed by atoms with Crippen LogP contribution in [0.15, 0.2) is 58.5 Å². The molecule has 1 N–H and O–H groups in total. The van der Waals surface area contributed by atoms with Crippen molar-refractivity contribution in [1.82, 2.24) is 14.9 Å². The number of amides is 1. The van der Waals surface area contributed by atoms with Gasteiger partial charge in [-0.25, -0.2) is 4.98 Å². The number of thiazole rings is 1. The zero-order chi connectivity index (χ0) is 22.0. The molecule has 1 amide bonds. The van der Waals surface area contributed by atoms with Crippen molar-refractivity contribution in [3.05, 3.63) is 76.1 Å². The van der Waals surface area contributed by atoms with Crippen LogP contribution in [-0.2, 0) is 6.54 Å². The molecule has 0 saturated carbocycles. The summed E-state index contributed by atoms with van der Waals surface area (Å²) in [6.07, 6.45) is 1.66. The van der Waals surface area contributed by atoms with Gasteiger partial charge >= 0.3 is 0 Å². The van der Waals surface area contributed by atoms with Crippen molar-refractivity contribution >= 4 is 28.8 Å². The highest BCUT2D eigenvalue weighted by Gasteiger charge is 2.21. The summed E-state index contributed by atoms with van der Waals surface area (Å²) in [7, 11) is 0. The molecule has 3 heterocycles. The van der Waals surface area contributed by atoms with Gasteiger partial charge in [0.1, 0.15) is 10.8 Å². The summed E-state index contributed by atoms with van der Waals surface area (Å²) in [5.41, 5.74) is 4.10. The molecule has 0 saturated heterocycles. The molecule has 0 radical (unpaired) electrons. The number of halogens is 1. The number of aromatic nitrogens is 2. The van der Waals surface area contributed by atoms with Crippen molar-refractivity contribution in [3.8, 4) is 22.0 Å². The number of rotatable bonds is 7. The predicted octanol–water partition coefficient (Wildman–Crippen LogP) is 6.27. The largest absolute Gasteiger partial charge is 0.467 e. The molecule has 0 aliphatic heterocycles. The summed E-state index contributed by atoms with van der Waals surface area (Å²) in [6, 6.07) is 13.4. The van der Waals surface area contributed by atoms with Crippen molar-refractivity contribution in [3.63, 3.8) is 0 Å². The maximum absolute atomic E-state index is 12.9. The molecule has 5 nitrogen and oxygen atoms in total. The first-order chi connectivity index (χ1) is 14.9. The quantitative estimate of drug-likeness (QED) is 0.359. The van der Waals surface area contributed by atoms with Crippen LogP contribution in [0, 0.1) is 12.8 Å². The number of nitrogens with zero attached hydrogens (tertiary/aromatic N) is 2. The lowest BCUT2D eigenvalue weighted by Gasteiger charge is -2.10. The van der Waals surface area contributed by atoms with Gasteiger partial charge in [-0.2, -0.15) is 0 Å². The monoisotopic (exact) mass is 453 g/mol. The number of carbonyl (C=O) groups is 1. The van der Waals surface area contributed by atoms with E-state index in [1.165, 1.54) is 11.3 Å². The van der Waals surface area contributed by atoms with E-state index in [1.54, 1.807) is 6.26 Å². The maximum Gasteiger partial charge on any atom is 0.253 e. The van der Waals surface area contributed by atoms with Gasteiger partial charge in [0.15, 0.2) is 0 Å². The minimum atomic E-state index is -0.0767. The molecule has 0 unspecified atom stereocenters. The summed E-state index contributed by atoms with van der Waals surface area (Å²) in [6.45, 7) is 7.26. The van der Waals surface area contributed by atoms with E-state index in [0.29, 0.717) is 29.6 Å². The van der Waals surface area contributed by atoms with Crippen LogP contribution in [0.2, 0.25) is 5.02 Å². The highest BCUT2D eigenvalue weighted by molar-refractivity contribution is 7.13. The first-order valence-corrected chi connectivity index (χ1v) is 11.4. The van der Waals surface area contributed by atoms with E-state index in [1.807, 2.05) is 54.8 Å². The zero-order valence-electron chi connectivity index (χ0n) is 17.7. The van der Waals surface area contributed by atoms with Gasteiger partial charge in [-0.1, -0.05) is 43.6 Å². The topological polar surface area (TPSA) is 60.1 Å². The van der Waals surface area contributed by atoms with E-state index in [4.69, 9.17) is 21.0 Å². The lowest BCUT2D eigenvalue weighted by molar-refractivity contribution is 0.0948. The van der Waals surface area contributed by atoms with Crippen LogP contribution in [-0.4, -0.2) is 22.0 Å². The molecular formula is C24H24ClN3O2S. The Morgan fingerprint density at radius 2 is 2.06 bits per heavy atom. The lowest BCUT2D eigenvalue weighted by atomic mass is 10.2. The van der Waals surface area contributed by atoms with Crippen molar-refractivity contribution in [2.75, 3.05) is 6.54 Å². The molecule has 0 bridgehead atoms. The molecule has 4 aromatic rings. The highest BCUT2D eigenvalue weighted by Crippen LogP contribution is 2.34. The van der Waals surface area contributed by atoms with Gasteiger partial charge < -0.3 is 14.3 Å². The second-order valence-corrected chi connectivity index (χ2v) is 9.08. The lowest BCUT2D eigenvalue weighted by Crippen LogP contribution is -2.27. The molecular weight excluding hydrogens is 430 g/mol. The molecule has 31 heavy (non-hydrogen) atoms. The summed E-state index contributed by atoms with van der Waals surface area (Å²) in [5, 5.41) is 6.53. The average Bonchev–Trinajstić information content (AvgIpc) is 3.49. The van der Waals surface area contributed by atoms with Crippen molar-refractivity contribution in [1.29, 1.82) is 0 Å². The number of carbonyl (C=O) groups excluding carboxylic acids is 1. The van der Waals surface area contributed by atoms with Gasteiger partial charge in [-0.05, 0) is 37.1 Å². The van der Waals surface area contributed by atoms with E-state index >= 15 is 0 Å². The Balaban J connectivity index is 1.75. The number of nitrogens with one attached hydrogen (secondary N) is 1. The fraction of sp³-hybridized carbons (Fsp3) is 0.250. The third-order valence-corrected chi connectivity index (χ3v) is 6.25. The summed E-state index contributed by atoms with van der Waals surface area (Å²) in [4.78, 5) is 17.7. The van der Waals surface area contributed by atoms with Crippen molar-refractivity contribution < 1.29 is 9.21 Å². The summed E-state index contributed by atoms with van der Waals surface area (Å²) < 4.78 is 7.64. The predicted molar refractivity (Wildman–Crippen MR) is 126 cm³/mol. The van der Waals surface area contributed by atoms with E-state index in [2.05, 4.69) is 23.7 Å². The van der Waals surface area contributed by atoms with Crippen LogP contribution >= 0.6 is 22.9 Å². The van der Waals surface area contributed by atoms with Crippen LogP contribution < -0.4 is 5.32 Å². The van der Waals surface area contributed by atoms with Gasteiger partial charge in [0.25, 0.3) is 5.91 Å². The first kappa shape index (κ1) is 21.4. The molecule has 160 valence electrons. The van der Waals surface area contributed by atoms with Gasteiger partial charge in [0, 0.05) is 23.2 Å². The highest BCUT2D eigenvalue weighted by atomic mass is 35.5. The normalized spacial score (nSPS) is 11.3. The van der Waals surface area contributed by atoms with Gasteiger partial charge in [-0.15, -0.1) is 11.3 Å². The van der Waals surface area contributed by atoms with Gasteiger partial charge in [0.05, 0.1) is 34.8 Å². The molecule has 1 aromatic carbocycles. The Labute approximate surface area is 190 Å². The van der Waals surface area contributed by atoms with Crippen LogP contribution in [0.25, 0.3) is 22.0 Å². The molecule has 0 aliphatic carbocycles. The molecule has 3 aromatic heterocycles. The molecule has 0 aliphatic rings. The average molecular weight is 454 g/mol. The second-order valence-electron chi connectivity index (χ2n) is 7.82. The Morgan fingerprint density at radius 1 is 1.26 bits per heavy atom. The van der Waals surface area contributed by atoms with Crippen molar-refractivity contribution in [2.24, 2.45) is 5.92 Å². The minimum Gasteiger partial charge on any atom is -0.467 e. The van der Waals surface area contributed by atoms with Crippen LogP contribution in [0.3, 0.4) is 0 Å². The number of furan rings is 1. The molecule has 0 fully saturated rings. The first-order valence-electron chi connectivity index (χ1n) is 10.2. The Morgan fingerprint density at radius 3 is 2.77 bits per heavy atom. The molecule has 4 rings (SSSR count). The van der Waals surface area contributed by atoms with Gasteiger partial charge in [-0.3, -0.25) is 4.79 Å². The SMILES string of the molecule is Cc1c(C(=O)NCC(C)C)cc(-c2csc(-c3ccccc3Cl)n2)n1Cc1ccco1. The summed E-state index contributed by atoms with van der Waals surface area (Å²) >= 11 is 7.90. The van der Waals surface area contributed by atoms with Crippen LogP contribution in [0.4, 0.5) is 0 Å². The fourth-order valence-electron chi connectivity index (χ4n) is 3.39. The van der Waals surface area contributed by atoms with Gasteiger partial charge in [0.2, 0.25) is 0 Å². The third kappa shape index (κ3) is 4.60. The van der Waals surface area contributed by atoms with E-state index in [9.17, 15) is 4.79 Å². The Bertz CT molecular complexity index is 1190. The fourth-order valence-corrected chi connectivity index (χ4v) is 4.53. The maximum atomic E-state index is 12.9. The standard InChI is InChI=1S/C24H24ClN3O2S/c1-15(2)12-26-23(29)19-11-22(28(16(19)3)13-17-7-6-10-30-17)21-14-31-24(27-21)18-8-4-5-9-20(18)25/h4-11,14-15H,12-13H2,1-3H3,(H,26,29). The van der Waals surface area contributed by atoms with E-state index in [0.717, 1.165) is 33.4 Å². The van der Waals surface area contributed by atoms with E-state index in [-0.39, 0.29) is 5.91 Å².